The highest BCUT2D eigenvalue weighted by molar-refractivity contribution is 6.48. The average molecular weight is 180 g/mol. The lowest BCUT2D eigenvalue weighted by molar-refractivity contribution is -0.209. The lowest BCUT2D eigenvalue weighted by Crippen LogP contribution is -2.37. The van der Waals surface area contributed by atoms with E-state index < -0.39 is 9.05 Å². The minimum atomic E-state index is -4.58. The van der Waals surface area contributed by atoms with Crippen LogP contribution in [0.5, 0.6) is 0 Å². The van der Waals surface area contributed by atoms with Crippen LogP contribution in [0.1, 0.15) is 0 Å². The Hall–Kier alpha value is -0.143. The zero-order chi connectivity index (χ0) is 5.21. The van der Waals surface area contributed by atoms with E-state index in [1.807, 2.05) is 0 Å². The Balaban J connectivity index is -0.0000000208. The number of rotatable bonds is 1. The Morgan fingerprint density at radius 2 is 0.900 bits per heavy atom. The van der Waals surface area contributed by atoms with Gasteiger partial charge in [0.25, 0.3) is 0 Å². The van der Waals surface area contributed by atoms with Gasteiger partial charge in [-0.25, -0.2) is 0 Å². The summed E-state index contributed by atoms with van der Waals surface area (Å²) in [6.07, 6.45) is 0. The Morgan fingerprint density at radius 1 is 0.800 bits per heavy atom. The first-order valence-corrected chi connectivity index (χ1v) is 2.81. The molecule has 0 aromatic rings. The molecule has 0 saturated heterocycles. The fourth-order valence-corrected chi connectivity index (χ4v) is 0. The van der Waals surface area contributed by atoms with Crippen LogP contribution in [-0.2, 0) is 4.58 Å². The van der Waals surface area contributed by atoms with Crippen molar-refractivity contribution in [2.24, 2.45) is 0 Å². The van der Waals surface area contributed by atoms with Crippen molar-refractivity contribution in [1.29, 1.82) is 0 Å². The van der Waals surface area contributed by atoms with Gasteiger partial charge in [-0.2, -0.15) is 4.58 Å². The molecular weight excluding hydrogens is 164 g/mol. The molecule has 0 fully saturated rings. The van der Waals surface area contributed by atoms with Crippen molar-refractivity contribution in [2.75, 3.05) is 0 Å². The monoisotopic (exact) mass is 180 g/mol. The minimum absolute atomic E-state index is 0. The van der Waals surface area contributed by atoms with E-state index in [9.17, 15) is 0 Å². The second-order valence-electron chi connectivity index (χ2n) is 0.665. The molecule has 0 radical (unpaired) electrons. The SMILES string of the molecule is N.N.N.N.OO[Si](O)(O)O. The van der Waals surface area contributed by atoms with E-state index >= 15 is 0 Å². The topological polar surface area (TPSA) is 230 Å². The highest BCUT2D eigenvalue weighted by atomic mass is 28.4. The first-order valence-electron chi connectivity index (χ1n) is 1.06. The molecule has 10 heavy (non-hydrogen) atoms. The van der Waals surface area contributed by atoms with E-state index in [4.69, 9.17) is 19.6 Å². The van der Waals surface area contributed by atoms with Crippen molar-refractivity contribution in [3.63, 3.8) is 0 Å². The number of hydrogen-bond acceptors (Lipinski definition) is 9. The predicted molar refractivity (Wildman–Crippen MR) is 36.2 cm³/mol. The molecule has 0 aliphatic carbocycles. The van der Waals surface area contributed by atoms with E-state index in [1.165, 1.54) is 0 Å². The van der Waals surface area contributed by atoms with Gasteiger partial charge in [-0.1, -0.05) is 0 Å². The summed E-state index contributed by atoms with van der Waals surface area (Å²) in [7, 11) is -4.58. The molecular formula is H16N4O5Si. The summed E-state index contributed by atoms with van der Waals surface area (Å²) in [6.45, 7) is 0. The quantitative estimate of drug-likeness (QED) is 0.133. The highest BCUT2D eigenvalue weighted by Gasteiger charge is 2.30. The van der Waals surface area contributed by atoms with Crippen molar-refractivity contribution in [3.8, 4) is 0 Å². The van der Waals surface area contributed by atoms with Crippen molar-refractivity contribution in [1.82, 2.24) is 24.6 Å². The van der Waals surface area contributed by atoms with Gasteiger partial charge in [0.05, 0.1) is 0 Å². The van der Waals surface area contributed by atoms with Crippen LogP contribution in [-0.4, -0.2) is 28.7 Å². The van der Waals surface area contributed by atoms with Crippen LogP contribution in [0.15, 0.2) is 0 Å². The Labute approximate surface area is 59.0 Å². The van der Waals surface area contributed by atoms with Gasteiger partial charge in [0, 0.05) is 0 Å². The van der Waals surface area contributed by atoms with E-state index in [1.54, 1.807) is 0 Å². The average Bonchev–Trinajstić information content (AvgIpc) is 1.35. The summed E-state index contributed by atoms with van der Waals surface area (Å²) >= 11 is 0. The fourth-order valence-electron chi connectivity index (χ4n) is 0. The van der Waals surface area contributed by atoms with Gasteiger partial charge in [-0.15, -0.1) is 0 Å². The summed E-state index contributed by atoms with van der Waals surface area (Å²) in [5.41, 5.74) is 0. The molecule has 9 nitrogen and oxygen atoms in total. The Bertz CT molecular complexity index is 43.4. The van der Waals surface area contributed by atoms with Gasteiger partial charge in [-0.05, 0) is 0 Å². The maximum atomic E-state index is 7.60. The van der Waals surface area contributed by atoms with Crippen LogP contribution in [0.25, 0.3) is 0 Å². The maximum absolute atomic E-state index is 7.60. The van der Waals surface area contributed by atoms with Gasteiger partial charge in [0.2, 0.25) is 0 Å². The summed E-state index contributed by atoms with van der Waals surface area (Å²) in [4.78, 5) is 22.8. The molecule has 0 atom stereocenters. The molecule has 0 bridgehead atoms. The molecule has 0 aliphatic heterocycles. The van der Waals surface area contributed by atoms with E-state index in [2.05, 4.69) is 4.58 Å². The van der Waals surface area contributed by atoms with Crippen LogP contribution in [0.4, 0.5) is 0 Å². The van der Waals surface area contributed by atoms with Crippen LogP contribution in [0.2, 0.25) is 0 Å². The lowest BCUT2D eigenvalue weighted by atomic mass is 14.0. The second-order valence-corrected chi connectivity index (χ2v) is 2.00. The predicted octanol–water partition coefficient (Wildman–Crippen LogP) is -1.46. The van der Waals surface area contributed by atoms with Gasteiger partial charge < -0.3 is 39.0 Å². The van der Waals surface area contributed by atoms with E-state index in [0.29, 0.717) is 0 Å². The summed E-state index contributed by atoms with van der Waals surface area (Å²) < 4.78 is 2.74. The molecule has 70 valence electrons. The van der Waals surface area contributed by atoms with Crippen LogP contribution in [0.3, 0.4) is 0 Å². The molecule has 0 aromatic carbocycles. The molecule has 0 heterocycles. The third-order valence-corrected chi connectivity index (χ3v) is 0.367. The fraction of sp³-hybridized carbons (Fsp3) is 0. The zero-order valence-electron chi connectivity index (χ0n) is 5.53. The molecule has 0 aromatic heterocycles. The lowest BCUT2D eigenvalue weighted by Gasteiger charge is -1.98. The molecule has 0 amide bonds. The van der Waals surface area contributed by atoms with E-state index in [0.717, 1.165) is 0 Å². The van der Waals surface area contributed by atoms with Crippen LogP contribution < -0.4 is 24.6 Å². The molecule has 0 unspecified atom stereocenters. The van der Waals surface area contributed by atoms with Crippen LogP contribution >= 0.6 is 0 Å². The molecule has 0 rings (SSSR count). The van der Waals surface area contributed by atoms with Gasteiger partial charge in [-0.3, -0.25) is 5.26 Å². The van der Waals surface area contributed by atoms with E-state index in [-0.39, 0.29) is 24.6 Å². The molecule has 0 spiro atoms. The molecule has 0 saturated carbocycles. The van der Waals surface area contributed by atoms with Crippen molar-refractivity contribution in [3.05, 3.63) is 0 Å². The normalized spacial score (nSPS) is 7.20. The smallest absolute Gasteiger partial charge is 0.366 e. The molecule has 0 aliphatic rings. The molecule has 16 N–H and O–H groups in total. The standard InChI is InChI=1S/4H3N.H4O5Si/c;;;;1-5-6(2,3)4/h4*1H3;1-4H. The third-order valence-electron chi connectivity index (χ3n) is 0.122. The Morgan fingerprint density at radius 3 is 0.900 bits per heavy atom. The summed E-state index contributed by atoms with van der Waals surface area (Å²) in [6, 6.07) is 0. The van der Waals surface area contributed by atoms with Gasteiger partial charge in [0.15, 0.2) is 0 Å². The Kier molecular flexibility index (Phi) is 38.1. The van der Waals surface area contributed by atoms with Crippen molar-refractivity contribution >= 4 is 9.05 Å². The number of hydrogen-bond donors (Lipinski definition) is 8. The first kappa shape index (κ1) is 32.8. The largest absolute Gasteiger partial charge is 0.699 e. The zero-order valence-corrected chi connectivity index (χ0v) is 6.53. The van der Waals surface area contributed by atoms with Crippen molar-refractivity contribution < 1.29 is 24.2 Å². The van der Waals surface area contributed by atoms with Crippen LogP contribution in [0, 0.1) is 0 Å². The third kappa shape index (κ3) is 45.3. The van der Waals surface area contributed by atoms with Crippen molar-refractivity contribution in [2.45, 2.75) is 0 Å². The summed E-state index contributed by atoms with van der Waals surface area (Å²) in [5, 5.41) is 7.21. The molecule has 10 heteroatoms. The first-order chi connectivity index (χ1) is 2.56. The second kappa shape index (κ2) is 11.6. The maximum Gasteiger partial charge on any atom is 0.699 e. The van der Waals surface area contributed by atoms with Gasteiger partial charge in [0.1, 0.15) is 0 Å². The summed E-state index contributed by atoms with van der Waals surface area (Å²) in [5.74, 6) is 0. The highest BCUT2D eigenvalue weighted by Crippen LogP contribution is 1.79. The van der Waals surface area contributed by atoms with Gasteiger partial charge >= 0.3 is 9.05 Å². The minimum Gasteiger partial charge on any atom is -0.366 e.